The van der Waals surface area contributed by atoms with Crippen molar-refractivity contribution in [2.75, 3.05) is 11.9 Å². The molecule has 5 rings (SSSR count). The molecule has 3 heterocycles. The molecule has 1 aliphatic rings. The highest BCUT2D eigenvalue weighted by Gasteiger charge is 2.37. The van der Waals surface area contributed by atoms with Crippen LogP contribution >= 0.6 is 0 Å². The van der Waals surface area contributed by atoms with Crippen molar-refractivity contribution in [2.24, 2.45) is 5.41 Å². The van der Waals surface area contributed by atoms with Crippen LogP contribution in [-0.4, -0.2) is 45.0 Å². The Morgan fingerprint density at radius 1 is 0.978 bits per heavy atom. The van der Waals surface area contributed by atoms with E-state index in [0.29, 0.717) is 17.1 Å². The number of hydrogen-bond acceptors (Lipinski definition) is 8. The van der Waals surface area contributed by atoms with Crippen molar-refractivity contribution in [3.63, 3.8) is 0 Å². The van der Waals surface area contributed by atoms with Gasteiger partial charge >= 0.3 is 12.1 Å². The zero-order valence-electron chi connectivity index (χ0n) is 26.1. The van der Waals surface area contributed by atoms with Crippen LogP contribution in [0.4, 0.5) is 19.4 Å². The number of para-hydroxylation sites is 1. The Morgan fingerprint density at radius 3 is 2.27 bits per heavy atom. The van der Waals surface area contributed by atoms with Crippen LogP contribution in [0.3, 0.4) is 0 Å². The van der Waals surface area contributed by atoms with E-state index in [9.17, 15) is 9.59 Å². The number of esters is 1. The number of carbonyl (C=O) groups is 2. The molecule has 2 N–H and O–H groups in total. The second-order valence-corrected chi connectivity index (χ2v) is 12.9. The monoisotopic (exact) mass is 621 g/mol. The van der Waals surface area contributed by atoms with Crippen molar-refractivity contribution in [1.29, 1.82) is 0 Å². The predicted octanol–water partition coefficient (Wildman–Crippen LogP) is 7.63. The molecule has 12 heteroatoms. The van der Waals surface area contributed by atoms with E-state index in [1.165, 1.54) is 10.9 Å². The molecule has 1 saturated heterocycles. The number of aromatic nitrogens is 3. The number of carbonyl (C=O) groups excluding carboxylic acids is 2. The minimum atomic E-state index is -2.93. The van der Waals surface area contributed by atoms with Gasteiger partial charge in [-0.2, -0.15) is 0 Å². The normalized spacial score (nSPS) is 17.0. The highest BCUT2D eigenvalue weighted by atomic mass is 19.3. The number of ether oxygens (including phenoxy) is 3. The van der Waals surface area contributed by atoms with Crippen molar-refractivity contribution < 1.29 is 32.6 Å². The van der Waals surface area contributed by atoms with E-state index in [4.69, 9.17) is 14.2 Å². The lowest BCUT2D eigenvalue weighted by Gasteiger charge is -2.21. The summed E-state index contributed by atoms with van der Waals surface area (Å²) in [6, 6.07) is 15.4. The van der Waals surface area contributed by atoms with Crippen LogP contribution in [0.5, 0.6) is 11.5 Å². The minimum Gasteiger partial charge on any atom is -0.457 e. The van der Waals surface area contributed by atoms with Crippen LogP contribution in [0.25, 0.3) is 22.2 Å². The summed E-state index contributed by atoms with van der Waals surface area (Å²) in [5, 5.41) is 6.00. The van der Waals surface area contributed by atoms with Crippen LogP contribution in [0.2, 0.25) is 0 Å². The van der Waals surface area contributed by atoms with Crippen LogP contribution < -0.4 is 15.4 Å². The summed E-state index contributed by atoms with van der Waals surface area (Å²) in [4.78, 5) is 34.1. The Kier molecular flexibility index (Phi) is 8.79. The standard InChI is InChI=1S/C33H37F2N5O5/c1-32(2,3)30(41)44-23-16-20(17-36-23)40-26(27(34)35)24(19-12-14-22(15-13-19)43-21-10-8-7-9-11-21)25-28(37-18-38-29(25)40)39-31(42)45-33(4,5)6/h7-15,18,20,23,27,36H,16-17H2,1-6H3,(H,37,38,39,42)/t20-,23?/m1/s1. The second kappa shape index (κ2) is 12.4. The number of rotatable bonds is 7. The number of halogens is 2. The summed E-state index contributed by atoms with van der Waals surface area (Å²) < 4.78 is 48.8. The molecule has 10 nitrogen and oxygen atoms in total. The molecule has 1 unspecified atom stereocenters. The average molecular weight is 622 g/mol. The van der Waals surface area contributed by atoms with Gasteiger partial charge in [-0.1, -0.05) is 30.3 Å². The SMILES string of the molecule is CC(C)(C)OC(=O)Nc1ncnc2c1c(-c1ccc(Oc3ccccc3)cc1)c(C(F)F)n2[C@H]1CNC(OC(=O)C(C)(C)C)C1. The highest BCUT2D eigenvalue weighted by Crippen LogP contribution is 2.45. The first kappa shape index (κ1) is 31.8. The molecule has 0 radical (unpaired) electrons. The third-order valence-electron chi connectivity index (χ3n) is 7.06. The van der Waals surface area contributed by atoms with E-state index in [-0.39, 0.29) is 41.1 Å². The van der Waals surface area contributed by atoms with E-state index >= 15 is 8.78 Å². The summed E-state index contributed by atoms with van der Waals surface area (Å²) in [6.07, 6.45) is -2.96. The Hall–Kier alpha value is -4.58. The highest BCUT2D eigenvalue weighted by molar-refractivity contribution is 6.06. The molecule has 1 amide bonds. The molecule has 1 fully saturated rings. The van der Waals surface area contributed by atoms with Crippen molar-refractivity contribution >= 4 is 28.9 Å². The molecule has 2 aromatic carbocycles. The van der Waals surface area contributed by atoms with E-state index in [2.05, 4.69) is 20.6 Å². The quantitative estimate of drug-likeness (QED) is 0.203. The molecule has 0 spiro atoms. The first-order valence-electron chi connectivity index (χ1n) is 14.7. The molecule has 0 aliphatic carbocycles. The van der Waals surface area contributed by atoms with Gasteiger partial charge in [0.1, 0.15) is 34.9 Å². The number of fused-ring (bicyclic) bond motifs is 1. The predicted molar refractivity (Wildman–Crippen MR) is 165 cm³/mol. The van der Waals surface area contributed by atoms with Gasteiger partial charge in [0.05, 0.1) is 22.5 Å². The molecule has 2 aromatic heterocycles. The van der Waals surface area contributed by atoms with E-state index < -0.39 is 41.8 Å². The maximum absolute atomic E-state index is 15.2. The van der Waals surface area contributed by atoms with Crippen LogP contribution in [0.15, 0.2) is 60.9 Å². The number of benzene rings is 2. The van der Waals surface area contributed by atoms with Gasteiger partial charge < -0.3 is 18.8 Å². The lowest BCUT2D eigenvalue weighted by molar-refractivity contribution is -0.159. The van der Waals surface area contributed by atoms with Gasteiger partial charge in [-0.15, -0.1) is 0 Å². The molecule has 45 heavy (non-hydrogen) atoms. The van der Waals surface area contributed by atoms with Crippen LogP contribution in [0.1, 0.15) is 66.1 Å². The second-order valence-electron chi connectivity index (χ2n) is 12.9. The number of hydrogen-bond donors (Lipinski definition) is 2. The Morgan fingerprint density at radius 2 is 1.64 bits per heavy atom. The zero-order valence-corrected chi connectivity index (χ0v) is 26.1. The van der Waals surface area contributed by atoms with Crippen LogP contribution in [0, 0.1) is 5.41 Å². The fourth-order valence-corrected chi connectivity index (χ4v) is 5.11. The van der Waals surface area contributed by atoms with Gasteiger partial charge in [0.15, 0.2) is 6.23 Å². The summed E-state index contributed by atoms with van der Waals surface area (Å²) >= 11 is 0. The van der Waals surface area contributed by atoms with Crippen LogP contribution in [-0.2, 0) is 14.3 Å². The Bertz CT molecular complexity index is 1680. The van der Waals surface area contributed by atoms with Crippen molar-refractivity contribution in [3.8, 4) is 22.6 Å². The van der Waals surface area contributed by atoms with Gasteiger partial charge in [0, 0.05) is 18.5 Å². The summed E-state index contributed by atoms with van der Waals surface area (Å²) in [6.45, 7) is 10.6. The lowest BCUT2D eigenvalue weighted by atomic mass is 9.97. The average Bonchev–Trinajstić information content (AvgIpc) is 3.55. The summed E-state index contributed by atoms with van der Waals surface area (Å²) in [7, 11) is 0. The largest absolute Gasteiger partial charge is 0.457 e. The molecule has 0 bridgehead atoms. The Balaban J connectivity index is 1.61. The van der Waals surface area contributed by atoms with Crippen molar-refractivity contribution in [1.82, 2.24) is 19.9 Å². The third kappa shape index (κ3) is 7.22. The lowest BCUT2D eigenvalue weighted by Crippen LogP contribution is -2.33. The number of nitrogens with zero attached hydrogens (tertiary/aromatic N) is 3. The molecule has 2 atom stereocenters. The first-order chi connectivity index (χ1) is 21.2. The number of nitrogens with one attached hydrogen (secondary N) is 2. The first-order valence-corrected chi connectivity index (χ1v) is 14.7. The zero-order chi connectivity index (χ0) is 32.5. The van der Waals surface area contributed by atoms with Crippen molar-refractivity contribution in [3.05, 3.63) is 66.6 Å². The maximum Gasteiger partial charge on any atom is 0.413 e. The fraction of sp³-hybridized carbons (Fsp3) is 0.394. The molecular weight excluding hydrogens is 584 g/mol. The minimum absolute atomic E-state index is 0.0242. The van der Waals surface area contributed by atoms with Gasteiger partial charge in [0.2, 0.25) is 0 Å². The number of anilines is 1. The molecule has 0 saturated carbocycles. The molecular formula is C33H37F2N5O5. The smallest absolute Gasteiger partial charge is 0.413 e. The van der Waals surface area contributed by atoms with Crippen molar-refractivity contribution in [2.45, 2.75) is 72.3 Å². The van der Waals surface area contributed by atoms with Gasteiger partial charge in [0.25, 0.3) is 6.43 Å². The fourth-order valence-electron chi connectivity index (χ4n) is 5.11. The summed E-state index contributed by atoms with van der Waals surface area (Å²) in [5.41, 5.74) is -1.04. The topological polar surface area (TPSA) is 117 Å². The number of amides is 1. The maximum atomic E-state index is 15.2. The number of alkyl halides is 2. The Labute approximate surface area is 260 Å². The van der Waals surface area contributed by atoms with Gasteiger partial charge in [-0.3, -0.25) is 15.4 Å². The van der Waals surface area contributed by atoms with Gasteiger partial charge in [-0.25, -0.2) is 23.5 Å². The van der Waals surface area contributed by atoms with E-state index in [1.54, 1.807) is 65.8 Å². The summed E-state index contributed by atoms with van der Waals surface area (Å²) in [5.74, 6) is 0.759. The van der Waals surface area contributed by atoms with E-state index in [0.717, 1.165) is 0 Å². The van der Waals surface area contributed by atoms with Gasteiger partial charge in [-0.05, 0) is 71.4 Å². The molecule has 238 valence electrons. The van der Waals surface area contributed by atoms with E-state index in [1.807, 2.05) is 30.3 Å². The molecule has 1 aliphatic heterocycles. The molecule has 4 aromatic rings. The third-order valence-corrected chi connectivity index (χ3v) is 7.06.